The zero-order chi connectivity index (χ0) is 9.68. The van der Waals surface area contributed by atoms with Gasteiger partial charge in [-0.05, 0) is 26.2 Å². The van der Waals surface area contributed by atoms with Crippen LogP contribution in [0.15, 0.2) is 0 Å². The largest absolute Gasteiger partial charge is 0.341 e. The molecule has 0 spiro atoms. The molecule has 1 fully saturated rings. The number of nitrogens with zero attached hydrogens (tertiary/aromatic N) is 2. The van der Waals surface area contributed by atoms with Crippen LogP contribution in [0, 0.1) is 11.5 Å². The summed E-state index contributed by atoms with van der Waals surface area (Å²) >= 11 is 0. The van der Waals surface area contributed by atoms with Crippen LogP contribution >= 0.6 is 0 Å². The Morgan fingerprint density at radius 2 is 2.08 bits per heavy atom. The number of hydrogen-bond acceptors (Lipinski definition) is 3. The SMILES string of the molecule is CC(NC#N)C(=O)N1CCCCC1. The highest BCUT2D eigenvalue weighted by atomic mass is 16.2. The second-order valence-electron chi connectivity index (χ2n) is 3.36. The van der Waals surface area contributed by atoms with Crippen LogP contribution in [0.3, 0.4) is 0 Å². The third kappa shape index (κ3) is 2.62. The van der Waals surface area contributed by atoms with Crippen molar-refractivity contribution >= 4 is 5.91 Å². The molecule has 0 saturated carbocycles. The van der Waals surface area contributed by atoms with E-state index in [4.69, 9.17) is 5.26 Å². The fourth-order valence-corrected chi connectivity index (χ4v) is 1.55. The summed E-state index contributed by atoms with van der Waals surface area (Å²) in [4.78, 5) is 13.4. The van der Waals surface area contributed by atoms with Gasteiger partial charge in [-0.2, -0.15) is 5.26 Å². The zero-order valence-corrected chi connectivity index (χ0v) is 7.92. The standard InChI is InChI=1S/C9H15N3O/c1-8(11-7-10)9(13)12-5-3-2-4-6-12/h8,11H,2-6H2,1H3. The smallest absolute Gasteiger partial charge is 0.245 e. The number of rotatable bonds is 2. The van der Waals surface area contributed by atoms with Gasteiger partial charge in [0.1, 0.15) is 6.04 Å². The first-order chi connectivity index (χ1) is 6.25. The van der Waals surface area contributed by atoms with E-state index in [0.29, 0.717) is 0 Å². The maximum absolute atomic E-state index is 11.6. The lowest BCUT2D eigenvalue weighted by Gasteiger charge is -2.28. The topological polar surface area (TPSA) is 56.1 Å². The van der Waals surface area contributed by atoms with Gasteiger partial charge in [0.25, 0.3) is 0 Å². The molecule has 1 atom stereocenters. The summed E-state index contributed by atoms with van der Waals surface area (Å²) in [6, 6.07) is -0.372. The predicted molar refractivity (Wildman–Crippen MR) is 48.6 cm³/mol. The molecule has 1 aliphatic rings. The van der Waals surface area contributed by atoms with Gasteiger partial charge in [0, 0.05) is 13.1 Å². The van der Waals surface area contributed by atoms with E-state index >= 15 is 0 Å². The molecule has 4 nitrogen and oxygen atoms in total. The third-order valence-electron chi connectivity index (χ3n) is 2.32. The van der Waals surface area contributed by atoms with Crippen LogP contribution < -0.4 is 5.32 Å². The molecule has 72 valence electrons. The molecule has 0 radical (unpaired) electrons. The molecule has 1 saturated heterocycles. The molecule has 1 amide bonds. The lowest BCUT2D eigenvalue weighted by atomic mass is 10.1. The molecule has 1 aliphatic heterocycles. The first-order valence-corrected chi connectivity index (χ1v) is 4.69. The van der Waals surface area contributed by atoms with Gasteiger partial charge in [-0.1, -0.05) is 0 Å². The molecule has 0 aromatic heterocycles. The molecule has 4 heteroatoms. The van der Waals surface area contributed by atoms with Crippen molar-refractivity contribution in [1.29, 1.82) is 5.26 Å². The van der Waals surface area contributed by atoms with Crippen molar-refractivity contribution in [3.63, 3.8) is 0 Å². The van der Waals surface area contributed by atoms with Crippen LogP contribution in [-0.2, 0) is 4.79 Å². The van der Waals surface area contributed by atoms with Crippen LogP contribution in [0.5, 0.6) is 0 Å². The maximum atomic E-state index is 11.6. The summed E-state index contributed by atoms with van der Waals surface area (Å²) in [5, 5.41) is 10.8. The van der Waals surface area contributed by atoms with Crippen molar-refractivity contribution in [2.75, 3.05) is 13.1 Å². The quantitative estimate of drug-likeness (QED) is 0.497. The molecule has 1 unspecified atom stereocenters. The number of amides is 1. The summed E-state index contributed by atoms with van der Waals surface area (Å²) in [5.74, 6) is 0.0428. The van der Waals surface area contributed by atoms with E-state index in [1.54, 1.807) is 13.1 Å². The van der Waals surface area contributed by atoms with Crippen molar-refractivity contribution < 1.29 is 4.79 Å². The van der Waals surface area contributed by atoms with Crippen LogP contribution in [0.2, 0.25) is 0 Å². The Morgan fingerprint density at radius 3 is 2.62 bits per heavy atom. The lowest BCUT2D eigenvalue weighted by Crippen LogP contribution is -2.45. The van der Waals surface area contributed by atoms with E-state index in [1.807, 2.05) is 4.90 Å². The molecule has 13 heavy (non-hydrogen) atoms. The Balaban J connectivity index is 2.41. The average molecular weight is 181 g/mol. The van der Waals surface area contributed by atoms with Crippen LogP contribution in [0.4, 0.5) is 0 Å². The van der Waals surface area contributed by atoms with E-state index in [2.05, 4.69) is 5.32 Å². The first-order valence-electron chi connectivity index (χ1n) is 4.69. The molecule has 0 aliphatic carbocycles. The molecule has 1 N–H and O–H groups in total. The van der Waals surface area contributed by atoms with Crippen LogP contribution in [0.25, 0.3) is 0 Å². The van der Waals surface area contributed by atoms with E-state index in [0.717, 1.165) is 25.9 Å². The number of likely N-dealkylation sites (tertiary alicyclic amines) is 1. The van der Waals surface area contributed by atoms with Gasteiger partial charge in [0.2, 0.25) is 5.91 Å². The van der Waals surface area contributed by atoms with E-state index < -0.39 is 0 Å². The number of piperidine rings is 1. The highest BCUT2D eigenvalue weighted by Crippen LogP contribution is 2.09. The van der Waals surface area contributed by atoms with Crippen LogP contribution in [-0.4, -0.2) is 29.9 Å². The minimum Gasteiger partial charge on any atom is -0.341 e. The number of carbonyl (C=O) groups is 1. The molecular formula is C9H15N3O. The Bertz CT molecular complexity index is 215. The Hall–Kier alpha value is -1.24. The lowest BCUT2D eigenvalue weighted by molar-refractivity contribution is -0.133. The minimum atomic E-state index is -0.372. The second-order valence-corrected chi connectivity index (χ2v) is 3.36. The predicted octanol–water partition coefficient (Wildman–Crippen LogP) is 0.458. The minimum absolute atomic E-state index is 0.0428. The van der Waals surface area contributed by atoms with Gasteiger partial charge in [-0.25, -0.2) is 0 Å². The Labute approximate surface area is 78.5 Å². The van der Waals surface area contributed by atoms with Crippen molar-refractivity contribution in [3.8, 4) is 6.19 Å². The van der Waals surface area contributed by atoms with Crippen molar-refractivity contribution in [2.24, 2.45) is 0 Å². The van der Waals surface area contributed by atoms with E-state index in [9.17, 15) is 4.79 Å². The molecule has 0 aromatic rings. The zero-order valence-electron chi connectivity index (χ0n) is 7.92. The fourth-order valence-electron chi connectivity index (χ4n) is 1.55. The summed E-state index contributed by atoms with van der Waals surface area (Å²) in [6.07, 6.45) is 5.18. The molecular weight excluding hydrogens is 166 g/mol. The summed E-state index contributed by atoms with van der Waals surface area (Å²) in [5.41, 5.74) is 0. The maximum Gasteiger partial charge on any atom is 0.245 e. The van der Waals surface area contributed by atoms with Crippen molar-refractivity contribution in [3.05, 3.63) is 0 Å². The Kier molecular flexibility index (Phi) is 3.56. The van der Waals surface area contributed by atoms with Crippen LogP contribution in [0.1, 0.15) is 26.2 Å². The fraction of sp³-hybridized carbons (Fsp3) is 0.778. The highest BCUT2D eigenvalue weighted by Gasteiger charge is 2.21. The number of carbonyl (C=O) groups excluding carboxylic acids is 1. The molecule has 1 heterocycles. The normalized spacial score (nSPS) is 18.9. The third-order valence-corrected chi connectivity index (χ3v) is 2.32. The average Bonchev–Trinajstić information content (AvgIpc) is 2.18. The van der Waals surface area contributed by atoms with E-state index in [-0.39, 0.29) is 11.9 Å². The van der Waals surface area contributed by atoms with Crippen molar-refractivity contribution in [2.45, 2.75) is 32.2 Å². The Morgan fingerprint density at radius 1 is 1.46 bits per heavy atom. The first kappa shape index (κ1) is 9.85. The van der Waals surface area contributed by atoms with Gasteiger partial charge in [-0.3, -0.25) is 4.79 Å². The molecule has 0 bridgehead atoms. The second kappa shape index (κ2) is 4.70. The molecule has 1 rings (SSSR count). The molecule has 0 aromatic carbocycles. The monoisotopic (exact) mass is 181 g/mol. The van der Waals surface area contributed by atoms with E-state index in [1.165, 1.54) is 6.42 Å². The number of nitrogens with one attached hydrogen (secondary N) is 1. The van der Waals surface area contributed by atoms with Crippen molar-refractivity contribution in [1.82, 2.24) is 10.2 Å². The van der Waals surface area contributed by atoms with Gasteiger partial charge in [0.05, 0.1) is 0 Å². The highest BCUT2D eigenvalue weighted by molar-refractivity contribution is 5.81. The summed E-state index contributed by atoms with van der Waals surface area (Å²) in [6.45, 7) is 3.41. The summed E-state index contributed by atoms with van der Waals surface area (Å²) < 4.78 is 0. The van der Waals surface area contributed by atoms with Gasteiger partial charge >= 0.3 is 0 Å². The van der Waals surface area contributed by atoms with Gasteiger partial charge < -0.3 is 10.2 Å². The number of hydrogen-bond donors (Lipinski definition) is 1. The van der Waals surface area contributed by atoms with Gasteiger partial charge in [-0.15, -0.1) is 0 Å². The summed E-state index contributed by atoms with van der Waals surface area (Å²) in [7, 11) is 0. The van der Waals surface area contributed by atoms with Gasteiger partial charge in [0.15, 0.2) is 6.19 Å². The number of nitriles is 1.